The summed E-state index contributed by atoms with van der Waals surface area (Å²) < 4.78 is 5.69. The van der Waals surface area contributed by atoms with E-state index in [-0.39, 0.29) is 17.9 Å². The van der Waals surface area contributed by atoms with Crippen LogP contribution in [0.15, 0.2) is 12.2 Å². The summed E-state index contributed by atoms with van der Waals surface area (Å²) in [4.78, 5) is 26.8. The fourth-order valence-corrected chi connectivity index (χ4v) is 9.24. The smallest absolute Gasteiger partial charge is 0.316 e. The Kier molecular flexibility index (Phi) is 49.6. The fraction of sp³-hybridized carbons (Fsp3) is 0.930. The van der Waals surface area contributed by atoms with Gasteiger partial charge in [-0.1, -0.05) is 290 Å². The molecule has 0 spiro atoms. The molecule has 0 radical (unpaired) electrons. The van der Waals surface area contributed by atoms with E-state index in [4.69, 9.17) is 4.74 Å². The molecule has 0 aliphatic carbocycles. The Morgan fingerprint density at radius 2 is 0.633 bits per heavy atom. The van der Waals surface area contributed by atoms with E-state index in [1.54, 1.807) is 0 Å². The van der Waals surface area contributed by atoms with E-state index < -0.39 is 0 Å². The summed E-state index contributed by atoms with van der Waals surface area (Å²) in [6.07, 6.45) is 64.4. The number of hydrogen-bond acceptors (Lipinski definition) is 3. The molecule has 2 unspecified atom stereocenters. The monoisotopic (exact) mass is 843 g/mol. The summed E-state index contributed by atoms with van der Waals surface area (Å²) in [5, 5.41) is 0. The van der Waals surface area contributed by atoms with E-state index in [9.17, 15) is 9.59 Å². The molecule has 2 atom stereocenters. The molecule has 60 heavy (non-hydrogen) atoms. The molecule has 0 heterocycles. The van der Waals surface area contributed by atoms with Gasteiger partial charge in [0.05, 0.1) is 5.92 Å². The van der Waals surface area contributed by atoms with Crippen molar-refractivity contribution in [2.45, 2.75) is 329 Å². The van der Waals surface area contributed by atoms with Gasteiger partial charge in [-0.15, -0.1) is 0 Å². The van der Waals surface area contributed by atoms with Crippen molar-refractivity contribution in [3.05, 3.63) is 12.2 Å². The van der Waals surface area contributed by atoms with Gasteiger partial charge in [0.25, 0.3) is 0 Å². The van der Waals surface area contributed by atoms with Crippen molar-refractivity contribution >= 4 is 11.9 Å². The molecular formula is C57H110O3. The SMILES string of the molecule is CCCCCCCC/C=C\CCCCCCCC(=O)OC(=O)C(CCCCCCCCCCCCC)CC(CCCCCCCCCC)CCCCCCCCCCCC. The van der Waals surface area contributed by atoms with Crippen molar-refractivity contribution in [3.63, 3.8) is 0 Å². The van der Waals surface area contributed by atoms with Gasteiger partial charge in [0, 0.05) is 6.42 Å². The maximum absolute atomic E-state index is 13.8. The number of esters is 2. The summed E-state index contributed by atoms with van der Waals surface area (Å²) in [5.41, 5.74) is 0. The third-order valence-electron chi connectivity index (χ3n) is 13.4. The molecule has 0 N–H and O–H groups in total. The first kappa shape index (κ1) is 58.9. The van der Waals surface area contributed by atoms with Crippen LogP contribution >= 0.6 is 0 Å². The maximum atomic E-state index is 13.8. The quantitative estimate of drug-likeness (QED) is 0.0265. The Labute approximate surface area is 378 Å². The Morgan fingerprint density at radius 1 is 0.350 bits per heavy atom. The zero-order chi connectivity index (χ0) is 43.7. The molecule has 0 aromatic carbocycles. The highest BCUT2D eigenvalue weighted by Gasteiger charge is 2.26. The number of allylic oxidation sites excluding steroid dienone is 2. The normalized spacial score (nSPS) is 12.7. The Bertz CT molecular complexity index is 878. The lowest BCUT2D eigenvalue weighted by Crippen LogP contribution is -2.24. The third-order valence-corrected chi connectivity index (χ3v) is 13.4. The minimum atomic E-state index is -0.282. The van der Waals surface area contributed by atoms with Crippen molar-refractivity contribution in [2.24, 2.45) is 11.8 Å². The molecule has 0 fully saturated rings. The summed E-state index contributed by atoms with van der Waals surface area (Å²) in [6, 6.07) is 0. The van der Waals surface area contributed by atoms with Crippen molar-refractivity contribution in [2.75, 3.05) is 0 Å². The van der Waals surface area contributed by atoms with Gasteiger partial charge >= 0.3 is 11.9 Å². The lowest BCUT2D eigenvalue weighted by atomic mass is 9.84. The summed E-state index contributed by atoms with van der Waals surface area (Å²) in [7, 11) is 0. The van der Waals surface area contributed by atoms with Gasteiger partial charge in [-0.2, -0.15) is 0 Å². The number of unbranched alkanes of at least 4 members (excludes halogenated alkanes) is 37. The predicted molar refractivity (Wildman–Crippen MR) is 267 cm³/mol. The van der Waals surface area contributed by atoms with Crippen LogP contribution in [0, 0.1) is 11.8 Å². The molecule has 3 heteroatoms. The second-order valence-corrected chi connectivity index (χ2v) is 19.5. The summed E-state index contributed by atoms with van der Waals surface area (Å²) in [6.45, 7) is 9.16. The maximum Gasteiger partial charge on any atom is 0.316 e. The zero-order valence-corrected chi connectivity index (χ0v) is 41.8. The number of hydrogen-bond donors (Lipinski definition) is 0. The summed E-state index contributed by atoms with van der Waals surface area (Å²) in [5.74, 6) is -0.0339. The molecule has 3 nitrogen and oxygen atoms in total. The molecule has 0 rings (SSSR count). The van der Waals surface area contributed by atoms with Crippen LogP contribution in [0.3, 0.4) is 0 Å². The lowest BCUT2D eigenvalue weighted by molar-refractivity contribution is -0.163. The van der Waals surface area contributed by atoms with Crippen LogP contribution in [0.25, 0.3) is 0 Å². The van der Waals surface area contributed by atoms with Gasteiger partial charge in [0.1, 0.15) is 0 Å². The van der Waals surface area contributed by atoms with Crippen molar-refractivity contribution in [1.29, 1.82) is 0 Å². The van der Waals surface area contributed by atoms with Crippen LogP contribution in [0.5, 0.6) is 0 Å². The molecular weight excluding hydrogens is 733 g/mol. The topological polar surface area (TPSA) is 43.4 Å². The molecule has 0 aromatic rings. The van der Waals surface area contributed by atoms with Crippen molar-refractivity contribution in [1.82, 2.24) is 0 Å². The van der Waals surface area contributed by atoms with Crippen molar-refractivity contribution < 1.29 is 14.3 Å². The average molecular weight is 844 g/mol. The highest BCUT2D eigenvalue weighted by molar-refractivity contribution is 5.86. The summed E-state index contributed by atoms with van der Waals surface area (Å²) >= 11 is 0. The number of carbonyl (C=O) groups is 2. The Morgan fingerprint density at radius 3 is 0.983 bits per heavy atom. The average Bonchev–Trinajstić information content (AvgIpc) is 3.24. The molecule has 0 aromatic heterocycles. The van der Waals surface area contributed by atoms with Gasteiger partial charge in [0.15, 0.2) is 0 Å². The second-order valence-electron chi connectivity index (χ2n) is 19.5. The molecule has 356 valence electrons. The van der Waals surface area contributed by atoms with Crippen molar-refractivity contribution in [3.8, 4) is 0 Å². The number of rotatable bonds is 50. The van der Waals surface area contributed by atoms with Crippen LogP contribution in [0.2, 0.25) is 0 Å². The molecule has 0 saturated carbocycles. The standard InChI is InChI=1S/C57H110O3/c1-5-9-13-17-21-25-28-29-30-31-33-36-40-44-48-52-56(58)60-57(59)55(51-47-43-39-35-32-26-22-18-14-10-6-2)53-54(49-45-41-37-24-20-16-12-8-4)50-46-42-38-34-27-23-19-15-11-7-3/h29-30,54-55H,5-28,31-53H2,1-4H3/b30-29-. The highest BCUT2D eigenvalue weighted by Crippen LogP contribution is 2.30. The van der Waals surface area contributed by atoms with E-state index in [2.05, 4.69) is 39.8 Å². The first-order valence-corrected chi connectivity index (χ1v) is 28.0. The third kappa shape index (κ3) is 44.9. The zero-order valence-electron chi connectivity index (χ0n) is 41.8. The van der Waals surface area contributed by atoms with E-state index in [1.165, 1.54) is 257 Å². The van der Waals surface area contributed by atoms with Crippen LogP contribution in [0.1, 0.15) is 329 Å². The highest BCUT2D eigenvalue weighted by atomic mass is 16.6. The van der Waals surface area contributed by atoms with Gasteiger partial charge in [-0.25, -0.2) is 0 Å². The molecule has 0 bridgehead atoms. The minimum Gasteiger partial charge on any atom is -0.393 e. The Hall–Kier alpha value is -1.12. The first-order valence-electron chi connectivity index (χ1n) is 28.0. The van der Waals surface area contributed by atoms with E-state index in [0.29, 0.717) is 12.3 Å². The Balaban J connectivity index is 4.95. The van der Waals surface area contributed by atoms with E-state index in [0.717, 1.165) is 38.5 Å². The minimum absolute atomic E-state index is 0.121. The van der Waals surface area contributed by atoms with Gasteiger partial charge in [-0.3, -0.25) is 9.59 Å². The molecule has 0 saturated heterocycles. The van der Waals surface area contributed by atoms with Crippen LogP contribution in [-0.2, 0) is 14.3 Å². The fourth-order valence-electron chi connectivity index (χ4n) is 9.24. The molecule has 0 aliphatic heterocycles. The van der Waals surface area contributed by atoms with Crippen LogP contribution < -0.4 is 0 Å². The number of carbonyl (C=O) groups excluding carboxylic acids is 2. The predicted octanol–water partition coefficient (Wildman–Crippen LogP) is 20.3. The van der Waals surface area contributed by atoms with Gasteiger partial charge < -0.3 is 4.74 Å². The van der Waals surface area contributed by atoms with Crippen LogP contribution in [0.4, 0.5) is 0 Å². The molecule has 0 aliphatic rings. The second kappa shape index (κ2) is 50.5. The van der Waals surface area contributed by atoms with E-state index in [1.807, 2.05) is 0 Å². The van der Waals surface area contributed by atoms with Gasteiger partial charge in [-0.05, 0) is 50.9 Å². The van der Waals surface area contributed by atoms with Crippen LogP contribution in [-0.4, -0.2) is 11.9 Å². The first-order chi connectivity index (χ1) is 29.6. The van der Waals surface area contributed by atoms with E-state index >= 15 is 0 Å². The number of ether oxygens (including phenoxy) is 1. The lowest BCUT2D eigenvalue weighted by Gasteiger charge is -2.23. The largest absolute Gasteiger partial charge is 0.393 e. The van der Waals surface area contributed by atoms with Gasteiger partial charge in [0.2, 0.25) is 0 Å². The molecule has 0 amide bonds.